The van der Waals surface area contributed by atoms with Crippen molar-refractivity contribution in [2.24, 2.45) is 0 Å². The van der Waals surface area contributed by atoms with Crippen LogP contribution in [0.4, 0.5) is 17.5 Å². The first kappa shape index (κ1) is 15.9. The number of rotatable bonds is 4. The van der Waals surface area contributed by atoms with Gasteiger partial charge in [0.2, 0.25) is 0 Å². The number of aromatic nitrogens is 1. The molecule has 2 rings (SSSR count). The van der Waals surface area contributed by atoms with Crippen molar-refractivity contribution in [3.63, 3.8) is 0 Å². The van der Waals surface area contributed by atoms with Crippen LogP contribution >= 0.6 is 23.2 Å². The Balaban J connectivity index is 2.35. The first-order valence-electron chi connectivity index (χ1n) is 6.02. The molecule has 0 saturated heterocycles. The van der Waals surface area contributed by atoms with Crippen molar-refractivity contribution in [3.05, 3.63) is 44.2 Å². The van der Waals surface area contributed by atoms with Crippen LogP contribution in [0.1, 0.15) is 5.56 Å². The molecule has 7 nitrogen and oxygen atoms in total. The van der Waals surface area contributed by atoms with Gasteiger partial charge in [-0.1, -0.05) is 23.2 Å². The van der Waals surface area contributed by atoms with E-state index in [2.05, 4.69) is 15.8 Å². The molecule has 0 unspecified atom stereocenters. The lowest BCUT2D eigenvalue weighted by Gasteiger charge is -2.14. The van der Waals surface area contributed by atoms with E-state index in [-0.39, 0.29) is 17.4 Å². The third-order valence-corrected chi connectivity index (χ3v) is 3.14. The number of nitrogens with one attached hydrogen (secondary N) is 2. The fraction of sp³-hybridized carbons (Fsp3) is 0.154. The Morgan fingerprint density at radius 3 is 2.68 bits per heavy atom. The zero-order valence-corrected chi connectivity index (χ0v) is 13.2. The standard InChI is InChI=1S/C13H11Cl2N5O2/c1-20(2)13-17-11(8(6-16)12(21)22-13)19-18-10-5-7(14)3-4-9(10)15/h3-5,18-19H,1-2H3. The van der Waals surface area contributed by atoms with Crippen LogP contribution in [0.15, 0.2) is 27.4 Å². The smallest absolute Gasteiger partial charge is 0.360 e. The second-order valence-electron chi connectivity index (χ2n) is 4.39. The van der Waals surface area contributed by atoms with Gasteiger partial charge in [0.1, 0.15) is 6.07 Å². The molecule has 0 atom stereocenters. The topological polar surface area (TPSA) is 94.2 Å². The number of nitrogens with zero attached hydrogens (tertiary/aromatic N) is 3. The molecule has 0 radical (unpaired) electrons. The van der Waals surface area contributed by atoms with Crippen LogP contribution in [0.2, 0.25) is 10.0 Å². The van der Waals surface area contributed by atoms with Crippen molar-refractivity contribution in [1.29, 1.82) is 5.26 Å². The summed E-state index contributed by atoms with van der Waals surface area (Å²) < 4.78 is 4.92. The Bertz CT molecular complexity index is 798. The predicted octanol–water partition coefficient (Wildman–Crippen LogP) is 2.72. The molecule has 9 heteroatoms. The number of nitriles is 1. The lowest BCUT2D eigenvalue weighted by molar-refractivity contribution is 0.491. The van der Waals surface area contributed by atoms with Gasteiger partial charge in [-0.3, -0.25) is 10.9 Å². The Morgan fingerprint density at radius 1 is 1.32 bits per heavy atom. The van der Waals surface area contributed by atoms with Crippen LogP contribution in [0.3, 0.4) is 0 Å². The van der Waals surface area contributed by atoms with E-state index < -0.39 is 5.63 Å². The maximum Gasteiger partial charge on any atom is 0.360 e. The first-order chi connectivity index (χ1) is 10.4. The van der Waals surface area contributed by atoms with Crippen LogP contribution in [-0.2, 0) is 0 Å². The van der Waals surface area contributed by atoms with Crippen LogP contribution < -0.4 is 21.4 Å². The van der Waals surface area contributed by atoms with E-state index in [9.17, 15) is 4.79 Å². The van der Waals surface area contributed by atoms with Crippen LogP contribution in [0.25, 0.3) is 0 Å². The van der Waals surface area contributed by atoms with Crippen molar-refractivity contribution in [2.45, 2.75) is 0 Å². The quantitative estimate of drug-likeness (QED) is 0.827. The average Bonchev–Trinajstić information content (AvgIpc) is 2.47. The minimum absolute atomic E-state index is 0.0264. The highest BCUT2D eigenvalue weighted by molar-refractivity contribution is 6.35. The van der Waals surface area contributed by atoms with E-state index in [4.69, 9.17) is 32.9 Å². The molecule has 2 N–H and O–H groups in total. The monoisotopic (exact) mass is 339 g/mol. The van der Waals surface area contributed by atoms with Gasteiger partial charge in [-0.05, 0) is 18.2 Å². The van der Waals surface area contributed by atoms with Gasteiger partial charge in [-0.15, -0.1) is 0 Å². The Labute approximate surface area is 136 Å². The number of halogens is 2. The SMILES string of the molecule is CN(C)c1nc(NNc2cc(Cl)ccc2Cl)c(C#N)c(=O)o1. The number of hydrogen-bond donors (Lipinski definition) is 2. The van der Waals surface area contributed by atoms with Crippen molar-refractivity contribution >= 4 is 40.7 Å². The number of hydrogen-bond acceptors (Lipinski definition) is 7. The van der Waals surface area contributed by atoms with E-state index in [1.165, 1.54) is 4.90 Å². The van der Waals surface area contributed by atoms with Gasteiger partial charge >= 0.3 is 11.6 Å². The highest BCUT2D eigenvalue weighted by Crippen LogP contribution is 2.25. The minimum Gasteiger partial charge on any atom is -0.388 e. The lowest BCUT2D eigenvalue weighted by Crippen LogP contribution is -2.21. The van der Waals surface area contributed by atoms with Gasteiger partial charge in [0.05, 0.1) is 10.7 Å². The summed E-state index contributed by atoms with van der Waals surface area (Å²) >= 11 is 11.9. The van der Waals surface area contributed by atoms with Gasteiger partial charge in [-0.2, -0.15) is 10.2 Å². The van der Waals surface area contributed by atoms with Crippen LogP contribution in [-0.4, -0.2) is 19.1 Å². The zero-order chi connectivity index (χ0) is 16.3. The highest BCUT2D eigenvalue weighted by Gasteiger charge is 2.14. The molecule has 22 heavy (non-hydrogen) atoms. The van der Waals surface area contributed by atoms with Crippen molar-refractivity contribution in [1.82, 2.24) is 4.98 Å². The summed E-state index contributed by atoms with van der Waals surface area (Å²) in [5, 5.41) is 9.93. The molecule has 114 valence electrons. The van der Waals surface area contributed by atoms with Gasteiger partial charge in [-0.25, -0.2) is 4.79 Å². The molecule has 0 amide bonds. The minimum atomic E-state index is -0.789. The summed E-state index contributed by atoms with van der Waals surface area (Å²) in [6, 6.07) is 6.63. The number of hydrazine groups is 1. The molecular weight excluding hydrogens is 329 g/mol. The second-order valence-corrected chi connectivity index (χ2v) is 5.23. The number of anilines is 3. The van der Waals surface area contributed by atoms with E-state index >= 15 is 0 Å². The summed E-state index contributed by atoms with van der Waals surface area (Å²) in [6.45, 7) is 0. The van der Waals surface area contributed by atoms with E-state index in [1.807, 2.05) is 0 Å². The van der Waals surface area contributed by atoms with Gasteiger partial charge in [0.25, 0.3) is 0 Å². The lowest BCUT2D eigenvalue weighted by atomic mass is 10.3. The fourth-order valence-corrected chi connectivity index (χ4v) is 1.84. The molecule has 0 aliphatic carbocycles. The van der Waals surface area contributed by atoms with E-state index in [0.29, 0.717) is 15.7 Å². The summed E-state index contributed by atoms with van der Waals surface area (Å²) in [5.41, 5.74) is 4.86. The molecule has 1 aromatic carbocycles. The molecular formula is C13H11Cl2N5O2. The first-order valence-corrected chi connectivity index (χ1v) is 6.77. The van der Waals surface area contributed by atoms with Crippen molar-refractivity contribution in [2.75, 3.05) is 29.8 Å². The summed E-state index contributed by atoms with van der Waals surface area (Å²) in [7, 11) is 3.31. The molecule has 0 saturated carbocycles. The fourth-order valence-electron chi connectivity index (χ4n) is 1.51. The molecule has 0 bridgehead atoms. The Hall–Kier alpha value is -2.43. The molecule has 0 aliphatic heterocycles. The summed E-state index contributed by atoms with van der Waals surface area (Å²) in [6.07, 6.45) is 0. The average molecular weight is 340 g/mol. The predicted molar refractivity (Wildman–Crippen MR) is 85.5 cm³/mol. The van der Waals surface area contributed by atoms with Crippen molar-refractivity contribution < 1.29 is 4.42 Å². The van der Waals surface area contributed by atoms with Crippen LogP contribution in [0, 0.1) is 11.3 Å². The third kappa shape index (κ3) is 3.42. The maximum absolute atomic E-state index is 11.8. The molecule has 2 aromatic rings. The normalized spacial score (nSPS) is 9.95. The second kappa shape index (κ2) is 6.56. The molecule has 0 spiro atoms. The molecule has 0 fully saturated rings. The van der Waals surface area contributed by atoms with Gasteiger partial charge < -0.3 is 9.32 Å². The Morgan fingerprint density at radius 2 is 2.05 bits per heavy atom. The number of benzene rings is 1. The largest absolute Gasteiger partial charge is 0.388 e. The van der Waals surface area contributed by atoms with Gasteiger partial charge in [0.15, 0.2) is 11.4 Å². The Kier molecular flexibility index (Phi) is 4.75. The highest BCUT2D eigenvalue weighted by atomic mass is 35.5. The molecule has 1 aromatic heterocycles. The van der Waals surface area contributed by atoms with Crippen molar-refractivity contribution in [3.8, 4) is 6.07 Å². The van der Waals surface area contributed by atoms with Gasteiger partial charge in [0, 0.05) is 19.1 Å². The van der Waals surface area contributed by atoms with E-state index in [0.717, 1.165) is 0 Å². The maximum atomic E-state index is 11.8. The zero-order valence-electron chi connectivity index (χ0n) is 11.6. The molecule has 1 heterocycles. The summed E-state index contributed by atoms with van der Waals surface area (Å²) in [5.74, 6) is 0.0264. The third-order valence-electron chi connectivity index (χ3n) is 2.57. The van der Waals surface area contributed by atoms with Crippen LogP contribution in [0.5, 0.6) is 0 Å². The van der Waals surface area contributed by atoms with E-state index in [1.54, 1.807) is 38.4 Å². The summed E-state index contributed by atoms with van der Waals surface area (Å²) in [4.78, 5) is 17.3. The molecule has 0 aliphatic rings.